The Morgan fingerprint density at radius 1 is 1.26 bits per heavy atom. The first kappa shape index (κ1) is 18.4. The molecule has 0 saturated heterocycles. The minimum absolute atomic E-state index is 0.205. The number of hydrogen-bond donors (Lipinski definition) is 1. The van der Waals surface area contributed by atoms with Gasteiger partial charge in [0.15, 0.2) is 0 Å². The summed E-state index contributed by atoms with van der Waals surface area (Å²) in [5.74, 6) is 0.464. The van der Waals surface area contributed by atoms with Gasteiger partial charge in [0.25, 0.3) is 0 Å². The summed E-state index contributed by atoms with van der Waals surface area (Å²) in [5.41, 5.74) is -0.585. The number of likely N-dealkylation sites (N-methyl/N-ethyl adjacent to an activating group) is 1. The lowest BCUT2D eigenvalue weighted by Crippen LogP contribution is -2.48. The summed E-state index contributed by atoms with van der Waals surface area (Å²) in [6.07, 6.45) is 4.09. The zero-order chi connectivity index (χ0) is 14.9. The van der Waals surface area contributed by atoms with Crippen LogP contribution in [0.25, 0.3) is 0 Å². The average molecular weight is 273 g/mol. The molecule has 0 radical (unpaired) electrons. The zero-order valence-corrected chi connectivity index (χ0v) is 13.4. The molecule has 4 nitrogen and oxygen atoms in total. The van der Waals surface area contributed by atoms with E-state index in [1.807, 2.05) is 6.92 Å². The van der Waals surface area contributed by atoms with E-state index >= 15 is 0 Å². The third-order valence-corrected chi connectivity index (χ3v) is 3.46. The van der Waals surface area contributed by atoms with Crippen molar-refractivity contribution >= 4 is 5.97 Å². The average Bonchev–Trinajstić information content (AvgIpc) is 2.36. The Kier molecular flexibility index (Phi) is 9.02. The molecule has 2 atom stereocenters. The molecule has 2 unspecified atom stereocenters. The molecule has 1 N–H and O–H groups in total. The van der Waals surface area contributed by atoms with Gasteiger partial charge in [0.2, 0.25) is 0 Å². The predicted octanol–water partition coefficient (Wildman–Crippen LogP) is 2.76. The molecule has 0 aromatic heterocycles. The number of methoxy groups -OCH3 is 1. The van der Waals surface area contributed by atoms with Crippen LogP contribution < -0.4 is 5.32 Å². The topological polar surface area (TPSA) is 47.6 Å². The van der Waals surface area contributed by atoms with Gasteiger partial charge in [-0.25, -0.2) is 0 Å². The molecule has 0 saturated carbocycles. The molecule has 19 heavy (non-hydrogen) atoms. The number of carbonyl (C=O) groups excluding carboxylic acids is 1. The molecule has 0 amide bonds. The number of nitrogens with one attached hydrogen (secondary N) is 1. The third kappa shape index (κ3) is 7.53. The molecule has 0 rings (SSSR count). The lowest BCUT2D eigenvalue weighted by Gasteiger charge is -2.26. The maximum atomic E-state index is 11.6. The Balaban J connectivity index is 3.81. The van der Waals surface area contributed by atoms with Crippen LogP contribution in [-0.4, -0.2) is 38.4 Å². The van der Waals surface area contributed by atoms with Gasteiger partial charge in [-0.05, 0) is 52.5 Å². The fraction of sp³-hybridized carbons (Fsp3) is 0.933. The molecule has 0 bridgehead atoms. The van der Waals surface area contributed by atoms with E-state index in [1.165, 1.54) is 7.11 Å². The van der Waals surface area contributed by atoms with Crippen molar-refractivity contribution in [3.05, 3.63) is 0 Å². The van der Waals surface area contributed by atoms with Crippen LogP contribution in [0.4, 0.5) is 0 Å². The number of unbranched alkanes of at least 4 members (excludes halogenated alkanes) is 1. The molecule has 0 heterocycles. The van der Waals surface area contributed by atoms with Gasteiger partial charge < -0.3 is 14.8 Å². The van der Waals surface area contributed by atoms with E-state index in [-0.39, 0.29) is 5.97 Å². The summed E-state index contributed by atoms with van der Waals surface area (Å²) < 4.78 is 10.6. The second-order valence-electron chi connectivity index (χ2n) is 5.84. The van der Waals surface area contributed by atoms with Gasteiger partial charge in [0.05, 0.1) is 13.2 Å². The van der Waals surface area contributed by atoms with E-state index in [2.05, 4.69) is 26.1 Å². The van der Waals surface area contributed by atoms with Crippen molar-refractivity contribution in [3.63, 3.8) is 0 Å². The molecule has 0 fully saturated rings. The lowest BCUT2D eigenvalue weighted by atomic mass is 9.95. The highest BCUT2D eigenvalue weighted by atomic mass is 16.5. The first-order chi connectivity index (χ1) is 8.85. The number of rotatable bonds is 10. The smallest absolute Gasteiger partial charge is 0.325 e. The zero-order valence-electron chi connectivity index (χ0n) is 13.4. The largest absolute Gasteiger partial charge is 0.468 e. The molecule has 114 valence electrons. The van der Waals surface area contributed by atoms with E-state index in [0.29, 0.717) is 12.0 Å². The predicted molar refractivity (Wildman–Crippen MR) is 78.2 cm³/mol. The van der Waals surface area contributed by atoms with Crippen molar-refractivity contribution in [2.24, 2.45) is 5.92 Å². The van der Waals surface area contributed by atoms with Crippen LogP contribution in [0.2, 0.25) is 0 Å². The monoisotopic (exact) mass is 273 g/mol. The van der Waals surface area contributed by atoms with Crippen LogP contribution in [0.15, 0.2) is 0 Å². The molecule has 0 aromatic rings. The van der Waals surface area contributed by atoms with E-state index in [4.69, 9.17) is 9.47 Å². The Morgan fingerprint density at radius 2 is 1.89 bits per heavy atom. The summed E-state index contributed by atoms with van der Waals surface area (Å²) >= 11 is 0. The first-order valence-electron chi connectivity index (χ1n) is 7.24. The second-order valence-corrected chi connectivity index (χ2v) is 5.84. The van der Waals surface area contributed by atoms with Crippen molar-refractivity contribution in [3.8, 4) is 0 Å². The lowest BCUT2D eigenvalue weighted by molar-refractivity contribution is -0.148. The number of hydrogen-bond acceptors (Lipinski definition) is 4. The highest BCUT2D eigenvalue weighted by Gasteiger charge is 2.31. The Bertz CT molecular complexity index is 256. The van der Waals surface area contributed by atoms with Crippen LogP contribution in [-0.2, 0) is 14.3 Å². The Hall–Kier alpha value is -0.610. The van der Waals surface area contributed by atoms with Gasteiger partial charge in [-0.2, -0.15) is 0 Å². The second kappa shape index (κ2) is 9.32. The molecular weight excluding hydrogens is 242 g/mol. The van der Waals surface area contributed by atoms with E-state index in [9.17, 15) is 4.79 Å². The number of ether oxygens (including phenoxy) is 2. The fourth-order valence-corrected chi connectivity index (χ4v) is 2.15. The molecule has 0 aliphatic heterocycles. The molecule has 0 aliphatic rings. The van der Waals surface area contributed by atoms with Crippen molar-refractivity contribution in [2.75, 3.05) is 20.8 Å². The molecule has 4 heteroatoms. The SMILES string of the molecule is CNC(C)(CCCCOC(C)CC(C)C)C(=O)OC. The van der Waals surface area contributed by atoms with Gasteiger partial charge in [-0.3, -0.25) is 4.79 Å². The van der Waals surface area contributed by atoms with Crippen molar-refractivity contribution in [2.45, 2.75) is 65.0 Å². The van der Waals surface area contributed by atoms with Gasteiger partial charge in [-0.15, -0.1) is 0 Å². The molecule has 0 aromatic carbocycles. The quantitative estimate of drug-likeness (QED) is 0.491. The maximum Gasteiger partial charge on any atom is 0.325 e. The molecule has 0 spiro atoms. The van der Waals surface area contributed by atoms with Crippen molar-refractivity contribution in [1.29, 1.82) is 0 Å². The number of carbonyl (C=O) groups is 1. The van der Waals surface area contributed by atoms with Gasteiger partial charge in [0.1, 0.15) is 5.54 Å². The standard InChI is InChI=1S/C15H31NO3/c1-12(2)11-13(3)19-10-8-7-9-15(4,16-5)14(17)18-6/h12-13,16H,7-11H2,1-6H3. The summed E-state index contributed by atoms with van der Waals surface area (Å²) in [7, 11) is 3.22. The third-order valence-electron chi connectivity index (χ3n) is 3.46. The van der Waals surface area contributed by atoms with E-state index < -0.39 is 5.54 Å². The van der Waals surface area contributed by atoms with E-state index in [0.717, 1.165) is 32.3 Å². The fourth-order valence-electron chi connectivity index (χ4n) is 2.15. The van der Waals surface area contributed by atoms with Crippen LogP contribution in [0.3, 0.4) is 0 Å². The molecule has 0 aliphatic carbocycles. The summed E-state index contributed by atoms with van der Waals surface area (Å²) in [6.45, 7) is 9.16. The highest BCUT2D eigenvalue weighted by Crippen LogP contribution is 2.16. The molecular formula is C15H31NO3. The van der Waals surface area contributed by atoms with Crippen LogP contribution in [0, 0.1) is 5.92 Å². The van der Waals surface area contributed by atoms with Gasteiger partial charge >= 0.3 is 5.97 Å². The Labute approximate surface area is 118 Å². The van der Waals surface area contributed by atoms with Crippen molar-refractivity contribution in [1.82, 2.24) is 5.32 Å². The highest BCUT2D eigenvalue weighted by molar-refractivity contribution is 5.80. The minimum Gasteiger partial charge on any atom is -0.468 e. The van der Waals surface area contributed by atoms with Crippen LogP contribution in [0.5, 0.6) is 0 Å². The van der Waals surface area contributed by atoms with E-state index in [1.54, 1.807) is 7.05 Å². The maximum absolute atomic E-state index is 11.6. The minimum atomic E-state index is -0.585. The van der Waals surface area contributed by atoms with Gasteiger partial charge in [-0.1, -0.05) is 13.8 Å². The van der Waals surface area contributed by atoms with Crippen molar-refractivity contribution < 1.29 is 14.3 Å². The van der Waals surface area contributed by atoms with Gasteiger partial charge in [0, 0.05) is 6.61 Å². The normalized spacial score (nSPS) is 16.2. The van der Waals surface area contributed by atoms with Crippen LogP contribution in [0.1, 0.15) is 53.4 Å². The first-order valence-corrected chi connectivity index (χ1v) is 7.24. The summed E-state index contributed by atoms with van der Waals surface area (Å²) in [5, 5.41) is 3.04. The van der Waals surface area contributed by atoms with Crippen LogP contribution >= 0.6 is 0 Å². The summed E-state index contributed by atoms with van der Waals surface area (Å²) in [6, 6.07) is 0. The number of esters is 1. The summed E-state index contributed by atoms with van der Waals surface area (Å²) in [4.78, 5) is 11.6. The Morgan fingerprint density at radius 3 is 2.37 bits per heavy atom.